The van der Waals surface area contributed by atoms with E-state index in [9.17, 15) is 9.90 Å². The Morgan fingerprint density at radius 1 is 1.31 bits per heavy atom. The Morgan fingerprint density at radius 2 is 2.06 bits per heavy atom. The van der Waals surface area contributed by atoms with Gasteiger partial charge in [-0.2, -0.15) is 11.8 Å². The van der Waals surface area contributed by atoms with Gasteiger partial charge < -0.3 is 5.11 Å². The van der Waals surface area contributed by atoms with E-state index in [1.807, 2.05) is 11.8 Å². The molecule has 0 radical (unpaired) electrons. The van der Waals surface area contributed by atoms with Gasteiger partial charge in [0.1, 0.15) is 5.54 Å². The third-order valence-electron chi connectivity index (χ3n) is 4.68. The van der Waals surface area contributed by atoms with Crippen molar-refractivity contribution in [2.24, 2.45) is 5.92 Å². The van der Waals surface area contributed by atoms with Gasteiger partial charge in [-0.15, -0.1) is 0 Å². The van der Waals surface area contributed by atoms with Crippen molar-refractivity contribution in [3.8, 4) is 0 Å². The fourth-order valence-electron chi connectivity index (χ4n) is 3.78. The first-order valence-electron chi connectivity index (χ1n) is 6.30. The summed E-state index contributed by atoms with van der Waals surface area (Å²) in [6.07, 6.45) is 5.49. The molecule has 2 bridgehead atoms. The molecule has 3 rings (SSSR count). The number of thioether (sulfide) groups is 1. The molecule has 2 aliphatic heterocycles. The van der Waals surface area contributed by atoms with Gasteiger partial charge in [0.25, 0.3) is 0 Å². The van der Waals surface area contributed by atoms with Gasteiger partial charge in [0.2, 0.25) is 0 Å². The van der Waals surface area contributed by atoms with Gasteiger partial charge in [-0.25, -0.2) is 0 Å². The zero-order valence-electron chi connectivity index (χ0n) is 9.52. The molecule has 2 unspecified atom stereocenters. The number of carbonyl (C=O) groups is 1. The standard InChI is InChI=1S/C12H19NO2S/c14-11(15)12(3-5-16-6-4-12)13-8-9-1-2-10(13)7-9/h9-10H,1-8H2,(H,14,15). The fourth-order valence-corrected chi connectivity index (χ4v) is 4.95. The molecule has 2 heterocycles. The van der Waals surface area contributed by atoms with Crippen LogP contribution in [0, 0.1) is 5.92 Å². The Labute approximate surface area is 101 Å². The van der Waals surface area contributed by atoms with Crippen molar-refractivity contribution in [3.63, 3.8) is 0 Å². The van der Waals surface area contributed by atoms with Crippen molar-refractivity contribution in [2.75, 3.05) is 18.1 Å². The van der Waals surface area contributed by atoms with E-state index in [1.54, 1.807) is 0 Å². The second-order valence-electron chi connectivity index (χ2n) is 5.43. The lowest BCUT2D eigenvalue weighted by molar-refractivity contribution is -0.154. The molecule has 4 heteroatoms. The summed E-state index contributed by atoms with van der Waals surface area (Å²) in [6.45, 7) is 1.04. The minimum atomic E-state index is -0.569. The van der Waals surface area contributed by atoms with Crippen LogP contribution in [0.4, 0.5) is 0 Å². The predicted octanol–water partition coefficient (Wildman–Crippen LogP) is 1.82. The highest BCUT2D eigenvalue weighted by Crippen LogP contribution is 2.45. The van der Waals surface area contributed by atoms with E-state index in [0.29, 0.717) is 6.04 Å². The van der Waals surface area contributed by atoms with Crippen molar-refractivity contribution in [1.82, 2.24) is 4.90 Å². The van der Waals surface area contributed by atoms with Crippen molar-refractivity contribution in [2.45, 2.75) is 43.7 Å². The third kappa shape index (κ3) is 1.50. The number of hydrogen-bond donors (Lipinski definition) is 1. The molecule has 2 atom stereocenters. The number of carboxylic acid groups (broad SMARTS) is 1. The molecule has 0 amide bonds. The van der Waals surface area contributed by atoms with Crippen LogP contribution in [0.2, 0.25) is 0 Å². The molecule has 1 aliphatic carbocycles. The molecule has 3 nitrogen and oxygen atoms in total. The summed E-state index contributed by atoms with van der Waals surface area (Å²) in [6, 6.07) is 0.573. The van der Waals surface area contributed by atoms with Crippen LogP contribution in [0.25, 0.3) is 0 Å². The van der Waals surface area contributed by atoms with Crippen LogP contribution < -0.4 is 0 Å². The van der Waals surface area contributed by atoms with Crippen LogP contribution >= 0.6 is 11.8 Å². The van der Waals surface area contributed by atoms with Crippen LogP contribution in [0.3, 0.4) is 0 Å². The number of nitrogens with zero attached hydrogens (tertiary/aromatic N) is 1. The van der Waals surface area contributed by atoms with Gasteiger partial charge in [-0.3, -0.25) is 9.69 Å². The molecule has 3 fully saturated rings. The van der Waals surface area contributed by atoms with Crippen LogP contribution in [0.15, 0.2) is 0 Å². The quantitative estimate of drug-likeness (QED) is 0.800. The van der Waals surface area contributed by atoms with E-state index in [1.165, 1.54) is 19.3 Å². The van der Waals surface area contributed by atoms with Gasteiger partial charge in [-0.05, 0) is 49.5 Å². The Balaban J connectivity index is 1.85. The van der Waals surface area contributed by atoms with E-state index in [-0.39, 0.29) is 0 Å². The smallest absolute Gasteiger partial charge is 0.324 e. The molecular weight excluding hydrogens is 222 g/mol. The minimum absolute atomic E-state index is 0.509. The Morgan fingerprint density at radius 3 is 2.56 bits per heavy atom. The van der Waals surface area contributed by atoms with E-state index in [4.69, 9.17) is 0 Å². The molecule has 0 spiro atoms. The van der Waals surface area contributed by atoms with E-state index >= 15 is 0 Å². The predicted molar refractivity (Wildman–Crippen MR) is 64.8 cm³/mol. The zero-order chi connectivity index (χ0) is 11.2. The minimum Gasteiger partial charge on any atom is -0.480 e. The average Bonchev–Trinajstić information content (AvgIpc) is 2.91. The Kier molecular flexibility index (Phi) is 2.67. The van der Waals surface area contributed by atoms with Crippen LogP contribution in [-0.2, 0) is 4.79 Å². The van der Waals surface area contributed by atoms with Crippen molar-refractivity contribution < 1.29 is 9.90 Å². The number of fused-ring (bicyclic) bond motifs is 2. The molecule has 1 saturated carbocycles. The molecular formula is C12H19NO2S. The van der Waals surface area contributed by atoms with Crippen LogP contribution in [0.5, 0.6) is 0 Å². The SMILES string of the molecule is O=C(O)C1(N2CC3CCC2C3)CCSCC1. The first-order chi connectivity index (χ1) is 7.72. The van der Waals surface area contributed by atoms with Gasteiger partial charge in [0.15, 0.2) is 0 Å². The summed E-state index contributed by atoms with van der Waals surface area (Å²) >= 11 is 1.90. The van der Waals surface area contributed by atoms with Gasteiger partial charge in [-0.1, -0.05) is 0 Å². The summed E-state index contributed by atoms with van der Waals surface area (Å²) in [5, 5.41) is 9.63. The monoisotopic (exact) mass is 241 g/mol. The molecule has 0 aromatic carbocycles. The van der Waals surface area contributed by atoms with Crippen molar-refractivity contribution in [3.05, 3.63) is 0 Å². The highest BCUT2D eigenvalue weighted by Gasteiger charge is 2.52. The molecule has 0 aromatic heterocycles. The largest absolute Gasteiger partial charge is 0.480 e. The normalized spacial score (nSPS) is 37.8. The topological polar surface area (TPSA) is 40.5 Å². The number of likely N-dealkylation sites (tertiary alicyclic amines) is 1. The fraction of sp³-hybridized carbons (Fsp3) is 0.917. The lowest BCUT2D eigenvalue weighted by atomic mass is 9.88. The highest BCUT2D eigenvalue weighted by atomic mass is 32.2. The summed E-state index contributed by atoms with van der Waals surface area (Å²) in [4.78, 5) is 14.0. The average molecular weight is 241 g/mol. The van der Waals surface area contributed by atoms with E-state index in [0.717, 1.165) is 36.8 Å². The Bertz CT molecular complexity index is 301. The number of piperidine rings is 1. The van der Waals surface area contributed by atoms with Crippen molar-refractivity contribution >= 4 is 17.7 Å². The van der Waals surface area contributed by atoms with Crippen LogP contribution in [0.1, 0.15) is 32.1 Å². The molecule has 3 aliphatic rings. The maximum atomic E-state index is 11.7. The summed E-state index contributed by atoms with van der Waals surface area (Å²) < 4.78 is 0. The highest BCUT2D eigenvalue weighted by molar-refractivity contribution is 7.99. The van der Waals surface area contributed by atoms with E-state index in [2.05, 4.69) is 4.90 Å². The van der Waals surface area contributed by atoms with Crippen molar-refractivity contribution in [1.29, 1.82) is 0 Å². The maximum Gasteiger partial charge on any atom is 0.324 e. The maximum absolute atomic E-state index is 11.7. The molecule has 1 N–H and O–H groups in total. The van der Waals surface area contributed by atoms with Gasteiger partial charge in [0, 0.05) is 12.6 Å². The van der Waals surface area contributed by atoms with E-state index < -0.39 is 11.5 Å². The number of carboxylic acids is 1. The second-order valence-corrected chi connectivity index (χ2v) is 6.66. The first kappa shape index (κ1) is 10.9. The lowest BCUT2D eigenvalue weighted by Crippen LogP contribution is -2.59. The molecule has 0 aromatic rings. The van der Waals surface area contributed by atoms with Crippen LogP contribution in [-0.4, -0.2) is 45.6 Å². The summed E-state index contributed by atoms with van der Waals surface area (Å²) in [7, 11) is 0. The summed E-state index contributed by atoms with van der Waals surface area (Å²) in [5.41, 5.74) is -0.509. The Hall–Kier alpha value is -0.220. The number of rotatable bonds is 2. The van der Waals surface area contributed by atoms with Gasteiger partial charge in [0.05, 0.1) is 0 Å². The lowest BCUT2D eigenvalue weighted by Gasteiger charge is -2.45. The first-order valence-corrected chi connectivity index (χ1v) is 7.46. The third-order valence-corrected chi connectivity index (χ3v) is 5.66. The second kappa shape index (κ2) is 3.91. The molecule has 16 heavy (non-hydrogen) atoms. The summed E-state index contributed by atoms with van der Waals surface area (Å²) in [5.74, 6) is 2.25. The molecule has 90 valence electrons. The van der Waals surface area contributed by atoms with Gasteiger partial charge >= 0.3 is 5.97 Å². The molecule has 2 saturated heterocycles. The number of aliphatic carboxylic acids is 1. The number of hydrogen-bond acceptors (Lipinski definition) is 3. The zero-order valence-corrected chi connectivity index (χ0v) is 10.3.